The smallest absolute Gasteiger partial charge is 0.223 e. The lowest BCUT2D eigenvalue weighted by atomic mass is 10.1. The summed E-state index contributed by atoms with van der Waals surface area (Å²) >= 11 is 0. The first-order chi connectivity index (χ1) is 9.74. The molecule has 0 aliphatic heterocycles. The van der Waals surface area contributed by atoms with Crippen LogP contribution in [0, 0.1) is 6.92 Å². The van der Waals surface area contributed by atoms with Gasteiger partial charge in [0, 0.05) is 6.54 Å². The zero-order valence-electron chi connectivity index (χ0n) is 11.6. The molecule has 1 N–H and O–H groups in total. The molecule has 0 fully saturated rings. The summed E-state index contributed by atoms with van der Waals surface area (Å²) in [6, 6.07) is 17.6. The first-order valence-corrected chi connectivity index (χ1v) is 6.74. The lowest BCUT2D eigenvalue weighted by molar-refractivity contribution is -0.121. The molecule has 2 aromatic carbocycles. The van der Waals surface area contributed by atoms with Crippen molar-refractivity contribution in [2.75, 3.05) is 6.61 Å². The SMILES string of the molecule is Cc1ccc(CNC(=O)CCOc2ccccc2)cc1. The van der Waals surface area contributed by atoms with Crippen molar-refractivity contribution in [2.24, 2.45) is 0 Å². The Morgan fingerprint density at radius 2 is 1.75 bits per heavy atom. The highest BCUT2D eigenvalue weighted by molar-refractivity contribution is 5.75. The van der Waals surface area contributed by atoms with E-state index in [-0.39, 0.29) is 5.91 Å². The second kappa shape index (κ2) is 7.34. The van der Waals surface area contributed by atoms with E-state index in [0.29, 0.717) is 19.6 Å². The highest BCUT2D eigenvalue weighted by atomic mass is 16.5. The number of hydrogen-bond donors (Lipinski definition) is 1. The minimum atomic E-state index is 0.00139. The number of carbonyl (C=O) groups excluding carboxylic acids is 1. The van der Waals surface area contributed by atoms with Crippen LogP contribution in [0.3, 0.4) is 0 Å². The number of carbonyl (C=O) groups is 1. The number of amides is 1. The minimum absolute atomic E-state index is 0.00139. The predicted octanol–water partition coefficient (Wildman–Crippen LogP) is 3.08. The molecule has 0 aromatic heterocycles. The monoisotopic (exact) mass is 269 g/mol. The molecular formula is C17H19NO2. The minimum Gasteiger partial charge on any atom is -0.493 e. The molecule has 0 bridgehead atoms. The standard InChI is InChI=1S/C17H19NO2/c1-14-7-9-15(10-8-14)13-18-17(19)11-12-20-16-5-3-2-4-6-16/h2-10H,11-13H2,1H3,(H,18,19). The van der Waals surface area contributed by atoms with Gasteiger partial charge in [0.05, 0.1) is 13.0 Å². The van der Waals surface area contributed by atoms with Gasteiger partial charge in [0.25, 0.3) is 0 Å². The molecule has 1 amide bonds. The van der Waals surface area contributed by atoms with Crippen LogP contribution in [0.4, 0.5) is 0 Å². The first-order valence-electron chi connectivity index (χ1n) is 6.74. The average Bonchev–Trinajstić information content (AvgIpc) is 2.48. The van der Waals surface area contributed by atoms with Crippen molar-refractivity contribution in [3.05, 3.63) is 65.7 Å². The van der Waals surface area contributed by atoms with Gasteiger partial charge in [-0.1, -0.05) is 48.0 Å². The number of hydrogen-bond acceptors (Lipinski definition) is 2. The molecule has 3 heteroatoms. The Balaban J connectivity index is 1.67. The lowest BCUT2D eigenvalue weighted by Crippen LogP contribution is -2.24. The van der Waals surface area contributed by atoms with Crippen LogP contribution in [0.15, 0.2) is 54.6 Å². The number of rotatable bonds is 6. The molecule has 3 nitrogen and oxygen atoms in total. The lowest BCUT2D eigenvalue weighted by Gasteiger charge is -2.07. The van der Waals surface area contributed by atoms with E-state index in [4.69, 9.17) is 4.74 Å². The Morgan fingerprint density at radius 1 is 1.05 bits per heavy atom. The van der Waals surface area contributed by atoms with Crippen LogP contribution in [0.25, 0.3) is 0 Å². The average molecular weight is 269 g/mol. The van der Waals surface area contributed by atoms with Gasteiger partial charge >= 0.3 is 0 Å². The van der Waals surface area contributed by atoms with E-state index in [9.17, 15) is 4.79 Å². The highest BCUT2D eigenvalue weighted by Gasteiger charge is 2.02. The zero-order chi connectivity index (χ0) is 14.2. The molecule has 0 spiro atoms. The summed E-state index contributed by atoms with van der Waals surface area (Å²) in [6.45, 7) is 3.00. The van der Waals surface area contributed by atoms with Gasteiger partial charge < -0.3 is 10.1 Å². The van der Waals surface area contributed by atoms with Crippen molar-refractivity contribution >= 4 is 5.91 Å². The van der Waals surface area contributed by atoms with E-state index < -0.39 is 0 Å². The molecule has 0 saturated heterocycles. The Hall–Kier alpha value is -2.29. The van der Waals surface area contributed by atoms with Crippen LogP contribution in [-0.2, 0) is 11.3 Å². The normalized spacial score (nSPS) is 10.1. The third kappa shape index (κ3) is 4.76. The number of benzene rings is 2. The summed E-state index contributed by atoms with van der Waals surface area (Å²) in [4.78, 5) is 11.7. The van der Waals surface area contributed by atoms with E-state index in [2.05, 4.69) is 5.32 Å². The molecule has 2 aromatic rings. The van der Waals surface area contributed by atoms with Crippen molar-refractivity contribution in [1.29, 1.82) is 0 Å². The first kappa shape index (κ1) is 14.1. The molecule has 0 heterocycles. The maximum absolute atomic E-state index is 11.7. The summed E-state index contributed by atoms with van der Waals surface area (Å²) in [7, 11) is 0. The molecule has 0 atom stereocenters. The molecule has 0 aliphatic carbocycles. The fourth-order valence-corrected chi connectivity index (χ4v) is 1.77. The zero-order valence-corrected chi connectivity index (χ0v) is 11.6. The molecule has 20 heavy (non-hydrogen) atoms. The van der Waals surface area contributed by atoms with Crippen LogP contribution in [0.5, 0.6) is 5.75 Å². The summed E-state index contributed by atoms with van der Waals surface area (Å²) in [5, 5.41) is 2.89. The molecule has 0 saturated carbocycles. The largest absolute Gasteiger partial charge is 0.493 e. The van der Waals surface area contributed by atoms with E-state index >= 15 is 0 Å². The Labute approximate surface area is 119 Å². The Kier molecular flexibility index (Phi) is 5.18. The molecule has 0 aliphatic rings. The predicted molar refractivity (Wildman–Crippen MR) is 79.6 cm³/mol. The molecule has 0 radical (unpaired) electrons. The number of aryl methyl sites for hydroxylation is 1. The van der Waals surface area contributed by atoms with Gasteiger partial charge in [-0.25, -0.2) is 0 Å². The van der Waals surface area contributed by atoms with Crippen LogP contribution in [0.2, 0.25) is 0 Å². The fourth-order valence-electron chi connectivity index (χ4n) is 1.77. The maximum atomic E-state index is 11.7. The summed E-state index contributed by atoms with van der Waals surface area (Å²) < 4.78 is 5.48. The van der Waals surface area contributed by atoms with Gasteiger partial charge in [-0.05, 0) is 24.6 Å². The second-order valence-corrected chi connectivity index (χ2v) is 4.67. The van der Waals surface area contributed by atoms with Crippen molar-refractivity contribution in [3.8, 4) is 5.75 Å². The quantitative estimate of drug-likeness (QED) is 0.875. The molecule has 104 valence electrons. The van der Waals surface area contributed by atoms with Crippen LogP contribution < -0.4 is 10.1 Å². The van der Waals surface area contributed by atoms with E-state index in [1.165, 1.54) is 5.56 Å². The van der Waals surface area contributed by atoms with Crippen molar-refractivity contribution < 1.29 is 9.53 Å². The summed E-state index contributed by atoms with van der Waals surface area (Å²) in [6.07, 6.45) is 0.362. The van der Waals surface area contributed by atoms with Crippen LogP contribution in [-0.4, -0.2) is 12.5 Å². The third-order valence-corrected chi connectivity index (χ3v) is 2.95. The second-order valence-electron chi connectivity index (χ2n) is 4.67. The maximum Gasteiger partial charge on any atom is 0.223 e. The molecular weight excluding hydrogens is 250 g/mol. The van der Waals surface area contributed by atoms with E-state index in [1.807, 2.05) is 61.5 Å². The van der Waals surface area contributed by atoms with Gasteiger partial charge in [0.2, 0.25) is 5.91 Å². The van der Waals surface area contributed by atoms with Crippen molar-refractivity contribution in [3.63, 3.8) is 0 Å². The summed E-state index contributed by atoms with van der Waals surface area (Å²) in [5.41, 5.74) is 2.32. The fraction of sp³-hybridized carbons (Fsp3) is 0.235. The van der Waals surface area contributed by atoms with Crippen LogP contribution in [0.1, 0.15) is 17.5 Å². The van der Waals surface area contributed by atoms with Gasteiger partial charge in [-0.3, -0.25) is 4.79 Å². The van der Waals surface area contributed by atoms with E-state index in [0.717, 1.165) is 11.3 Å². The Bertz CT molecular complexity index is 535. The molecule has 0 unspecified atom stereocenters. The highest BCUT2D eigenvalue weighted by Crippen LogP contribution is 2.08. The summed E-state index contributed by atoms with van der Waals surface area (Å²) in [5.74, 6) is 0.792. The van der Waals surface area contributed by atoms with Gasteiger partial charge in [-0.15, -0.1) is 0 Å². The topological polar surface area (TPSA) is 38.3 Å². The number of ether oxygens (including phenoxy) is 1. The van der Waals surface area contributed by atoms with Gasteiger partial charge in [0.15, 0.2) is 0 Å². The number of nitrogens with one attached hydrogen (secondary N) is 1. The van der Waals surface area contributed by atoms with Crippen molar-refractivity contribution in [2.45, 2.75) is 19.9 Å². The Morgan fingerprint density at radius 3 is 2.45 bits per heavy atom. The van der Waals surface area contributed by atoms with Crippen LogP contribution >= 0.6 is 0 Å². The van der Waals surface area contributed by atoms with Crippen molar-refractivity contribution in [1.82, 2.24) is 5.32 Å². The third-order valence-electron chi connectivity index (χ3n) is 2.95. The van der Waals surface area contributed by atoms with Gasteiger partial charge in [-0.2, -0.15) is 0 Å². The molecule has 2 rings (SSSR count). The van der Waals surface area contributed by atoms with E-state index in [1.54, 1.807) is 0 Å². The van der Waals surface area contributed by atoms with Gasteiger partial charge in [0.1, 0.15) is 5.75 Å². The number of para-hydroxylation sites is 1.